The van der Waals surface area contributed by atoms with Gasteiger partial charge in [-0.2, -0.15) is 24.9 Å². The fourth-order valence-corrected chi connectivity index (χ4v) is 22.0. The lowest BCUT2D eigenvalue weighted by molar-refractivity contribution is -0.0565. The van der Waals surface area contributed by atoms with E-state index < -0.39 is 224 Å². The van der Waals surface area contributed by atoms with Crippen LogP contribution in [0.25, 0.3) is 11.2 Å². The summed E-state index contributed by atoms with van der Waals surface area (Å²) in [7, 11) is 1.11. The maximum atomic E-state index is 14.6. The van der Waals surface area contributed by atoms with Crippen molar-refractivity contribution >= 4 is 152 Å². The van der Waals surface area contributed by atoms with Crippen molar-refractivity contribution in [2.45, 2.75) is 169 Å². The molecule has 6 saturated heterocycles. The summed E-state index contributed by atoms with van der Waals surface area (Å²) in [5.41, 5.74) is 23.5. The number of nitrogens with zero attached hydrogens (tertiary/aromatic N) is 12. The molecule has 0 spiro atoms. The van der Waals surface area contributed by atoms with E-state index in [4.69, 9.17) is 170 Å². The van der Waals surface area contributed by atoms with Crippen LogP contribution in [0.2, 0.25) is 0 Å². The number of nitrogens with one attached hydrogen (secondary N) is 2. The van der Waals surface area contributed by atoms with Crippen molar-refractivity contribution in [1.29, 1.82) is 0 Å². The number of fused-ring (bicyclic) bond motifs is 1. The number of rotatable bonds is 35. The normalized spacial score (nSPS) is 30.1. The Balaban J connectivity index is 0.694. The van der Waals surface area contributed by atoms with E-state index in [-0.39, 0.29) is 84.5 Å². The number of ether oxygens (including phenoxy) is 6. The summed E-state index contributed by atoms with van der Waals surface area (Å²) in [5.74, 6) is -0.817. The molecule has 0 aliphatic carbocycles. The molecule has 0 bridgehead atoms. The summed E-state index contributed by atoms with van der Waals surface area (Å²) in [6.07, 6.45) is -15.9. The number of aromatic amines is 2. The van der Waals surface area contributed by atoms with E-state index in [1.54, 1.807) is 6.92 Å². The van der Waals surface area contributed by atoms with Gasteiger partial charge in [-0.05, 0) is 96.6 Å². The fourth-order valence-electron chi connectivity index (χ4n) is 13.6. The van der Waals surface area contributed by atoms with Gasteiger partial charge in [-0.25, -0.2) is 33.5 Å². The van der Waals surface area contributed by atoms with Crippen LogP contribution in [0.1, 0.15) is 94.8 Å². The molecular formula is C58H79N19O31P6S6. The van der Waals surface area contributed by atoms with E-state index in [1.807, 2.05) is 0 Å². The van der Waals surface area contributed by atoms with Crippen LogP contribution in [0.3, 0.4) is 0 Å². The van der Waals surface area contributed by atoms with E-state index >= 15 is 0 Å². The summed E-state index contributed by atoms with van der Waals surface area (Å²) in [6.45, 7) is -27.1. The van der Waals surface area contributed by atoms with Crippen LogP contribution in [0.15, 0.2) is 95.1 Å². The number of nitrogen functional groups attached to an aromatic ring is 5. The average Bonchev–Trinajstić information content (AvgIpc) is 1.62. The summed E-state index contributed by atoms with van der Waals surface area (Å²) < 4.78 is 129. The number of aromatic nitrogens is 14. The first kappa shape index (κ1) is 92.1. The van der Waals surface area contributed by atoms with Gasteiger partial charge in [-0.15, -0.1) is 0 Å². The third-order valence-electron chi connectivity index (χ3n) is 19.2. The molecule has 658 valence electrons. The SMILES string of the molecule is CC[C@H]1O[C@@H](n2cc(C)c(=O)[nH]c2=O)CC1OP(O)(=S)OC[C@H]1O[C@@H](n2ccc(N)nc2=O)CC1OP(=O)(S)OC[C@H]1O[C@@H](n2ccc(N)nc2=O)CC1OP(O)(=S)OC[C@H]1O[C@@H](n2ccc(N)nc2=O)CC1OP(O)(=S)OC[C@H]1O[C@@H](n2cnc3c(=O)[nH]c(N)nc32)CC1OP(O)(=S)OC[C@H]1O[C@@H](n2ccc(N)nc2=O)CC1OP(O)(=S)OC. The number of hydrogen-bond donors (Lipinski definition) is 13. The number of nitrogens with two attached hydrogens (primary N) is 5. The third kappa shape index (κ3) is 22.6. The number of aryl methyl sites for hydroxylation is 1. The molecule has 50 nitrogen and oxygen atoms in total. The molecule has 0 radical (unpaired) electrons. The zero-order valence-corrected chi connectivity index (χ0v) is 72.8. The Morgan fingerprint density at radius 3 is 1.10 bits per heavy atom. The minimum absolute atomic E-state index is 0.0217. The van der Waals surface area contributed by atoms with Gasteiger partial charge in [0.2, 0.25) is 5.95 Å². The molecule has 7 aromatic rings. The van der Waals surface area contributed by atoms with Crippen LogP contribution in [-0.4, -0.2) is 205 Å². The first-order chi connectivity index (χ1) is 56.5. The second-order valence-corrected chi connectivity index (χ2v) is 44.3. The second kappa shape index (κ2) is 37.6. The zero-order chi connectivity index (χ0) is 86.5. The summed E-state index contributed by atoms with van der Waals surface area (Å²) in [6, 6.07) is 5.20. The molecular weight excluding hydrogens is 1840 g/mol. The van der Waals surface area contributed by atoms with Crippen molar-refractivity contribution < 1.29 is 112 Å². The minimum Gasteiger partial charge on any atom is -0.383 e. The molecule has 12 unspecified atom stereocenters. The summed E-state index contributed by atoms with van der Waals surface area (Å²) in [4.78, 5) is 177. The lowest BCUT2D eigenvalue weighted by Gasteiger charge is -2.28. The number of anilines is 5. The molecule has 17 N–H and O–H groups in total. The molecule has 62 heteroatoms. The molecule has 0 amide bonds. The van der Waals surface area contributed by atoms with Gasteiger partial charge in [-0.3, -0.25) is 56.0 Å². The molecule has 13 rings (SSSR count). The highest BCUT2D eigenvalue weighted by Gasteiger charge is 2.50. The molecule has 7 aromatic heterocycles. The van der Waals surface area contributed by atoms with Crippen LogP contribution < -0.4 is 68.2 Å². The Kier molecular flexibility index (Phi) is 28.8. The Bertz CT molecular complexity index is 5740. The highest BCUT2D eigenvalue weighted by Crippen LogP contribution is 2.59. The maximum absolute atomic E-state index is 14.6. The minimum atomic E-state index is -4.73. The molecule has 0 aromatic carbocycles. The van der Waals surface area contributed by atoms with E-state index in [2.05, 4.69) is 52.1 Å². The molecule has 24 atom stereocenters. The predicted molar refractivity (Wildman–Crippen MR) is 437 cm³/mol. The van der Waals surface area contributed by atoms with Crippen molar-refractivity contribution in [1.82, 2.24) is 67.3 Å². The van der Waals surface area contributed by atoms with Crippen molar-refractivity contribution in [3.63, 3.8) is 0 Å². The molecule has 6 aliphatic rings. The highest BCUT2D eigenvalue weighted by molar-refractivity contribution is 8.44. The predicted octanol–water partition coefficient (Wildman–Crippen LogP) is 0.214. The van der Waals surface area contributed by atoms with Crippen molar-refractivity contribution in [3.8, 4) is 0 Å². The van der Waals surface area contributed by atoms with Gasteiger partial charge in [0.15, 0.2) is 11.2 Å². The third-order valence-corrected chi connectivity index (χ3v) is 28.9. The number of imidazole rings is 1. The van der Waals surface area contributed by atoms with Crippen molar-refractivity contribution in [3.05, 3.63) is 140 Å². The topological polar surface area (TPSA) is 672 Å². The van der Waals surface area contributed by atoms with E-state index in [0.717, 1.165) is 25.4 Å². The Hall–Kier alpha value is -5.54. The Labute approximate surface area is 705 Å². The maximum Gasteiger partial charge on any atom is 0.386 e. The Morgan fingerprint density at radius 1 is 0.450 bits per heavy atom. The molecule has 120 heavy (non-hydrogen) atoms. The van der Waals surface area contributed by atoms with Gasteiger partial charge >= 0.3 is 68.8 Å². The number of hydrogen-bond acceptors (Lipinski definition) is 42. The Morgan fingerprint density at radius 2 is 0.758 bits per heavy atom. The molecule has 6 fully saturated rings. The van der Waals surface area contributed by atoms with Gasteiger partial charge in [0, 0.05) is 82.2 Å². The van der Waals surface area contributed by atoms with Gasteiger partial charge in [0.25, 0.3) is 11.1 Å². The lowest BCUT2D eigenvalue weighted by atomic mass is 10.1. The first-order valence-corrected chi connectivity index (χ1v) is 51.3. The van der Waals surface area contributed by atoms with Gasteiger partial charge in [0.05, 0.1) is 76.0 Å². The van der Waals surface area contributed by atoms with E-state index in [1.165, 1.54) is 77.6 Å². The first-order valence-electron chi connectivity index (χ1n) is 35.7. The van der Waals surface area contributed by atoms with E-state index in [0.29, 0.717) is 6.42 Å². The van der Waals surface area contributed by atoms with Gasteiger partial charge in [-0.1, -0.05) is 19.2 Å². The lowest BCUT2D eigenvalue weighted by Crippen LogP contribution is -2.33. The molecule has 6 aliphatic heterocycles. The quantitative estimate of drug-likeness (QED) is 0.0187. The summed E-state index contributed by atoms with van der Waals surface area (Å²) in [5, 5.41) is 0. The van der Waals surface area contributed by atoms with Crippen molar-refractivity contribution in [2.75, 3.05) is 68.8 Å². The molecule has 13 heterocycles. The number of H-pyrrole nitrogens is 2. The van der Waals surface area contributed by atoms with Crippen LogP contribution in [0.4, 0.5) is 29.2 Å². The highest BCUT2D eigenvalue weighted by atomic mass is 32.7. The standard InChI is InChI=1S/C58H79N19O31P6S6/c1-4-27-28(13-47(97-27)76-19-26(2)51(78)71-58(76)84)104-110(86,116)92-21-35-30(15-44(99-35)73-10-6-40(60)66-55(73)81)105-111(87,117)94-22-36-31(16-45(100-36)74-11-7-41(61)67-56(74)82)106-112(88,118)95-23-37-32(17-46(101-37)75-12-8-42(62)68-57(75)83)107-113(89,119)96-24-38-33(18-48(102-38)77-25-64-49-50(77)69-53(63)70-52(49)79)108-114(90,120)93-20-34-29(103-109(85,115)91-3)14-43(98-34)72-9-5-39(59)65-54(72)80/h5-12,19,25,27-38,43-48H,4,13-18,20-24H2,1-3H3,(H,85,115)(H,86,116)(H,87,117)(H,88,118)(H,89,119)(H,90,120)(H2,59,65,80)(H2,60,66,81)(H2,61,67,82)(H2,62,68,83)(H,71,78,84)(H3,63,69,70,79)/t27-,28?,29?,30?,31?,32?,33?,34-,35-,36-,37-,38-,43-,44-,45-,46-,47-,48-,109?,110?,111?,112?,113?,114?/m1/s1. The monoisotopic (exact) mass is 1920 g/mol. The summed E-state index contributed by atoms with van der Waals surface area (Å²) >= 11 is 31.6. The molecule has 0 saturated carbocycles. The van der Waals surface area contributed by atoms with Crippen LogP contribution in [0, 0.1) is 6.92 Å². The van der Waals surface area contributed by atoms with Crippen LogP contribution >= 0.6 is 52.6 Å². The van der Waals surface area contributed by atoms with Crippen LogP contribution in [-0.2, 0) is 146 Å². The average molecular weight is 1920 g/mol. The van der Waals surface area contributed by atoms with E-state index in [9.17, 15) is 62.6 Å². The second-order valence-electron chi connectivity index (χ2n) is 27.4. The van der Waals surface area contributed by atoms with Crippen LogP contribution in [0.5, 0.6) is 0 Å². The number of thiol groups is 1. The fraction of sp³-hybridized carbons (Fsp3) is 0.569. The van der Waals surface area contributed by atoms with Gasteiger partial charge in [0.1, 0.15) is 97.3 Å². The van der Waals surface area contributed by atoms with Crippen molar-refractivity contribution in [2.24, 2.45) is 0 Å². The zero-order valence-electron chi connectivity index (χ0n) is 62.4. The smallest absolute Gasteiger partial charge is 0.383 e. The van der Waals surface area contributed by atoms with Gasteiger partial charge < -0.3 is 127 Å². The largest absolute Gasteiger partial charge is 0.386 e.